The summed E-state index contributed by atoms with van der Waals surface area (Å²) in [6.45, 7) is 4.48. The van der Waals surface area contributed by atoms with Gasteiger partial charge in [0.1, 0.15) is 5.70 Å². The molecule has 2 heterocycles. The van der Waals surface area contributed by atoms with Crippen LogP contribution in [0.5, 0.6) is 0 Å². The van der Waals surface area contributed by atoms with E-state index in [1.54, 1.807) is 6.07 Å². The minimum Gasteiger partial charge on any atom is -0.336 e. The molecule has 5 rings (SSSR count). The van der Waals surface area contributed by atoms with Crippen molar-refractivity contribution in [1.82, 2.24) is 0 Å². The van der Waals surface area contributed by atoms with Gasteiger partial charge >= 0.3 is 0 Å². The van der Waals surface area contributed by atoms with Crippen LogP contribution in [0.1, 0.15) is 22.3 Å². The van der Waals surface area contributed by atoms with E-state index in [1.165, 1.54) is 29.2 Å². The van der Waals surface area contributed by atoms with E-state index in [2.05, 4.69) is 0 Å². The number of para-hydroxylation sites is 1. The number of hydrogen-bond donors (Lipinski definition) is 0. The van der Waals surface area contributed by atoms with E-state index in [4.69, 9.17) is 0 Å². The van der Waals surface area contributed by atoms with Crippen molar-refractivity contribution >= 4 is 34.4 Å². The average molecular weight is 439 g/mol. The summed E-state index contributed by atoms with van der Waals surface area (Å²) in [6.07, 6.45) is 0.762. The number of amides is 2. The molecule has 2 amide bonds. The van der Waals surface area contributed by atoms with Crippen molar-refractivity contribution < 1.29 is 14.5 Å². The van der Waals surface area contributed by atoms with Crippen LogP contribution in [0, 0.1) is 24.0 Å². The Morgan fingerprint density at radius 2 is 1.61 bits per heavy atom. The van der Waals surface area contributed by atoms with Gasteiger partial charge in [-0.25, -0.2) is 4.90 Å². The number of carbonyl (C=O) groups excluding carboxylic acids is 2. The predicted molar refractivity (Wildman–Crippen MR) is 126 cm³/mol. The molecule has 164 valence electrons. The van der Waals surface area contributed by atoms with Crippen molar-refractivity contribution in [3.8, 4) is 0 Å². The molecule has 0 N–H and O–H groups in total. The van der Waals surface area contributed by atoms with Gasteiger partial charge in [0, 0.05) is 24.4 Å². The number of nitrogens with zero attached hydrogens (tertiary/aromatic N) is 3. The molecule has 3 aromatic carbocycles. The number of non-ortho nitro benzene ring substituents is 1. The van der Waals surface area contributed by atoms with Gasteiger partial charge in [0.05, 0.1) is 16.2 Å². The Morgan fingerprint density at radius 1 is 0.879 bits per heavy atom. The van der Waals surface area contributed by atoms with Gasteiger partial charge in [0.2, 0.25) is 0 Å². The molecule has 0 saturated heterocycles. The first kappa shape index (κ1) is 20.6. The van der Waals surface area contributed by atoms with Gasteiger partial charge in [0.25, 0.3) is 17.5 Å². The maximum absolute atomic E-state index is 13.8. The maximum atomic E-state index is 13.8. The zero-order chi connectivity index (χ0) is 23.3. The molecule has 2 aliphatic heterocycles. The van der Waals surface area contributed by atoms with E-state index in [0.29, 0.717) is 23.5 Å². The Hall–Kier alpha value is -4.26. The molecular weight excluding hydrogens is 418 g/mol. The van der Waals surface area contributed by atoms with Crippen molar-refractivity contribution in [2.75, 3.05) is 16.3 Å². The number of hydrogen-bond acceptors (Lipinski definition) is 5. The van der Waals surface area contributed by atoms with Gasteiger partial charge in [-0.2, -0.15) is 0 Å². The predicted octanol–water partition coefficient (Wildman–Crippen LogP) is 4.56. The first-order valence-corrected chi connectivity index (χ1v) is 10.7. The summed E-state index contributed by atoms with van der Waals surface area (Å²) in [5, 5.41) is 11.1. The molecule has 0 atom stereocenters. The summed E-state index contributed by atoms with van der Waals surface area (Å²) in [6, 6.07) is 19.1. The molecule has 7 nitrogen and oxygen atoms in total. The van der Waals surface area contributed by atoms with Crippen molar-refractivity contribution in [1.29, 1.82) is 0 Å². The Labute approximate surface area is 190 Å². The van der Waals surface area contributed by atoms with Gasteiger partial charge < -0.3 is 4.90 Å². The molecule has 0 unspecified atom stereocenters. The molecule has 2 aliphatic rings. The second-order valence-electron chi connectivity index (χ2n) is 8.27. The van der Waals surface area contributed by atoms with Crippen LogP contribution in [0.15, 0.2) is 72.4 Å². The number of carbonyl (C=O) groups is 2. The third-order valence-electron chi connectivity index (χ3n) is 6.33. The zero-order valence-electron chi connectivity index (χ0n) is 18.2. The summed E-state index contributed by atoms with van der Waals surface area (Å²) in [5.74, 6) is -0.829. The van der Waals surface area contributed by atoms with Gasteiger partial charge in [0.15, 0.2) is 0 Å². The number of rotatable bonds is 4. The summed E-state index contributed by atoms with van der Waals surface area (Å²) in [4.78, 5) is 41.2. The van der Waals surface area contributed by atoms with E-state index in [-0.39, 0.29) is 11.3 Å². The lowest BCUT2D eigenvalue weighted by atomic mass is 10.0. The Balaban J connectivity index is 1.67. The lowest BCUT2D eigenvalue weighted by molar-refractivity contribution is -0.384. The summed E-state index contributed by atoms with van der Waals surface area (Å²) < 4.78 is 0. The van der Waals surface area contributed by atoms with Gasteiger partial charge in [-0.3, -0.25) is 19.7 Å². The lowest BCUT2D eigenvalue weighted by Crippen LogP contribution is -2.35. The molecule has 0 spiro atoms. The third kappa shape index (κ3) is 3.29. The maximum Gasteiger partial charge on any atom is 0.282 e. The number of anilines is 2. The molecule has 33 heavy (non-hydrogen) atoms. The molecule has 0 bridgehead atoms. The normalized spacial score (nSPS) is 15.5. The van der Waals surface area contributed by atoms with Crippen LogP contribution in [0.25, 0.3) is 5.57 Å². The summed E-state index contributed by atoms with van der Waals surface area (Å²) in [5.41, 5.74) is 5.52. The number of fused-ring (bicyclic) bond motifs is 1. The topological polar surface area (TPSA) is 83.8 Å². The highest BCUT2D eigenvalue weighted by molar-refractivity contribution is 6.46. The fourth-order valence-corrected chi connectivity index (χ4v) is 4.45. The average Bonchev–Trinajstić information content (AvgIpc) is 3.34. The number of aryl methyl sites for hydroxylation is 2. The van der Waals surface area contributed by atoms with Gasteiger partial charge in [-0.1, -0.05) is 24.3 Å². The third-order valence-corrected chi connectivity index (χ3v) is 6.33. The van der Waals surface area contributed by atoms with Crippen LogP contribution < -0.4 is 9.80 Å². The number of nitro benzene ring substituents is 1. The van der Waals surface area contributed by atoms with E-state index in [1.807, 2.05) is 55.1 Å². The number of nitro groups is 1. The minimum atomic E-state index is -0.487. The van der Waals surface area contributed by atoms with Crippen molar-refractivity contribution in [3.05, 3.63) is 105 Å². The molecule has 0 radical (unpaired) electrons. The highest BCUT2D eigenvalue weighted by atomic mass is 16.6. The van der Waals surface area contributed by atoms with E-state index >= 15 is 0 Å². The van der Waals surface area contributed by atoms with Crippen LogP contribution in [0.4, 0.5) is 17.1 Å². The fraction of sp³-hybridized carbons (Fsp3) is 0.154. The SMILES string of the molecule is Cc1ccc(N2C(=O)C(c3ccc([N+](=O)[O-])cc3)=C(N3CCc4ccccc43)C2=O)cc1C. The van der Waals surface area contributed by atoms with Crippen molar-refractivity contribution in [3.63, 3.8) is 0 Å². The highest BCUT2D eigenvalue weighted by Crippen LogP contribution is 2.40. The molecule has 7 heteroatoms. The number of imide groups is 1. The monoisotopic (exact) mass is 439 g/mol. The molecule has 0 saturated carbocycles. The fourth-order valence-electron chi connectivity index (χ4n) is 4.45. The molecular formula is C26H21N3O4. The van der Waals surface area contributed by atoms with Crippen LogP contribution in [-0.4, -0.2) is 23.3 Å². The molecule has 3 aromatic rings. The largest absolute Gasteiger partial charge is 0.336 e. The van der Waals surface area contributed by atoms with Gasteiger partial charge in [-0.05, 0) is 72.9 Å². The standard InChI is InChI=1S/C26H21N3O4/c1-16-7-10-21(15-17(16)2)28-25(30)23(19-8-11-20(12-9-19)29(32)33)24(26(28)31)27-14-13-18-5-3-4-6-22(18)27/h3-12,15H,13-14H2,1-2H3. The van der Waals surface area contributed by atoms with Gasteiger partial charge in [-0.15, -0.1) is 0 Å². The van der Waals surface area contributed by atoms with Crippen LogP contribution in [0.2, 0.25) is 0 Å². The zero-order valence-corrected chi connectivity index (χ0v) is 18.2. The minimum absolute atomic E-state index is 0.0739. The first-order valence-electron chi connectivity index (χ1n) is 10.7. The Morgan fingerprint density at radius 3 is 2.30 bits per heavy atom. The Kier molecular flexibility index (Phi) is 4.82. The molecule has 0 aliphatic carbocycles. The lowest BCUT2D eigenvalue weighted by Gasteiger charge is -2.22. The van der Waals surface area contributed by atoms with Crippen molar-refractivity contribution in [2.45, 2.75) is 20.3 Å². The molecule has 0 fully saturated rings. The van der Waals surface area contributed by atoms with E-state index in [9.17, 15) is 19.7 Å². The van der Waals surface area contributed by atoms with E-state index < -0.39 is 16.7 Å². The van der Waals surface area contributed by atoms with Crippen LogP contribution in [0.3, 0.4) is 0 Å². The molecule has 0 aromatic heterocycles. The summed E-state index contributed by atoms with van der Waals surface area (Å²) in [7, 11) is 0. The smallest absolute Gasteiger partial charge is 0.282 e. The van der Waals surface area contributed by atoms with Crippen molar-refractivity contribution in [2.24, 2.45) is 0 Å². The van der Waals surface area contributed by atoms with Crippen LogP contribution in [-0.2, 0) is 16.0 Å². The quantitative estimate of drug-likeness (QED) is 0.338. The highest BCUT2D eigenvalue weighted by Gasteiger charge is 2.44. The second-order valence-corrected chi connectivity index (χ2v) is 8.27. The second kappa shape index (κ2) is 7.70. The Bertz CT molecular complexity index is 1360. The van der Waals surface area contributed by atoms with E-state index in [0.717, 1.165) is 28.8 Å². The summed E-state index contributed by atoms with van der Waals surface area (Å²) >= 11 is 0. The van der Waals surface area contributed by atoms with Crippen LogP contribution >= 0.6 is 0 Å². The first-order chi connectivity index (χ1) is 15.9. The number of benzene rings is 3.